The first-order valence-corrected chi connectivity index (χ1v) is 9.79. The van der Waals surface area contributed by atoms with Gasteiger partial charge in [0, 0.05) is 11.1 Å². The van der Waals surface area contributed by atoms with Crippen LogP contribution in [0.15, 0.2) is 58.3 Å². The van der Waals surface area contributed by atoms with Crippen LogP contribution in [0.1, 0.15) is 20.7 Å². The van der Waals surface area contributed by atoms with Crippen LogP contribution in [0.5, 0.6) is 0 Å². The molecular formula is C20H12F2N2O2S2. The van der Waals surface area contributed by atoms with Crippen LogP contribution in [-0.2, 0) is 0 Å². The standard InChI is InChI=1S/C20H12F2N2O2S2/c21-16-5-1-13(2-6-16)18(25)11-27-20(15(9-23)10-24)28-12-19(26)14-3-7-17(22)8-4-14/h1-8H,11-12H2. The molecule has 0 N–H and O–H groups in total. The van der Waals surface area contributed by atoms with Crippen LogP contribution in [0.4, 0.5) is 8.78 Å². The number of ketones is 2. The minimum atomic E-state index is -0.462. The van der Waals surface area contributed by atoms with Gasteiger partial charge in [-0.05, 0) is 48.5 Å². The number of nitriles is 2. The van der Waals surface area contributed by atoms with Crippen LogP contribution in [0.25, 0.3) is 0 Å². The van der Waals surface area contributed by atoms with Gasteiger partial charge in [0.2, 0.25) is 0 Å². The number of rotatable bonds is 8. The van der Waals surface area contributed by atoms with Gasteiger partial charge >= 0.3 is 0 Å². The molecule has 0 heterocycles. The minimum absolute atomic E-state index is 0.0778. The Labute approximate surface area is 168 Å². The minimum Gasteiger partial charge on any atom is -0.293 e. The molecule has 0 atom stereocenters. The second kappa shape index (κ2) is 10.4. The number of allylic oxidation sites excluding steroid dienone is 1. The molecule has 0 spiro atoms. The highest BCUT2D eigenvalue weighted by Crippen LogP contribution is 2.32. The van der Waals surface area contributed by atoms with E-state index in [1.807, 2.05) is 0 Å². The van der Waals surface area contributed by atoms with Crippen LogP contribution in [0, 0.1) is 34.3 Å². The van der Waals surface area contributed by atoms with E-state index in [-0.39, 0.29) is 32.9 Å². The molecule has 2 rings (SSSR count). The van der Waals surface area contributed by atoms with Gasteiger partial charge in [-0.2, -0.15) is 10.5 Å². The molecule has 0 aliphatic heterocycles. The molecule has 0 amide bonds. The van der Waals surface area contributed by atoms with Gasteiger partial charge in [-0.3, -0.25) is 9.59 Å². The predicted octanol–water partition coefficient (Wildman–Crippen LogP) is 4.76. The molecule has 0 fully saturated rings. The topological polar surface area (TPSA) is 81.7 Å². The quantitative estimate of drug-likeness (QED) is 0.458. The largest absolute Gasteiger partial charge is 0.293 e. The zero-order valence-electron chi connectivity index (χ0n) is 14.3. The summed E-state index contributed by atoms with van der Waals surface area (Å²) in [6, 6.07) is 13.6. The first kappa shape index (κ1) is 21.4. The molecule has 4 nitrogen and oxygen atoms in total. The molecule has 8 heteroatoms. The van der Waals surface area contributed by atoms with Crippen molar-refractivity contribution in [2.75, 3.05) is 11.5 Å². The number of hydrogen-bond acceptors (Lipinski definition) is 6. The van der Waals surface area contributed by atoms with Crippen molar-refractivity contribution in [2.45, 2.75) is 0 Å². The van der Waals surface area contributed by atoms with Crippen molar-refractivity contribution in [2.24, 2.45) is 0 Å². The van der Waals surface area contributed by atoms with Crippen molar-refractivity contribution in [3.63, 3.8) is 0 Å². The van der Waals surface area contributed by atoms with Crippen molar-refractivity contribution in [3.8, 4) is 12.1 Å². The first-order chi connectivity index (χ1) is 13.4. The fourth-order valence-corrected chi connectivity index (χ4v) is 4.02. The molecule has 0 aliphatic rings. The van der Waals surface area contributed by atoms with Crippen molar-refractivity contribution in [3.05, 3.63) is 81.1 Å². The highest BCUT2D eigenvalue weighted by Gasteiger charge is 2.15. The number of benzene rings is 2. The molecule has 0 saturated carbocycles. The highest BCUT2D eigenvalue weighted by atomic mass is 32.2. The fourth-order valence-electron chi connectivity index (χ4n) is 2.00. The van der Waals surface area contributed by atoms with Gasteiger partial charge in [-0.1, -0.05) is 0 Å². The predicted molar refractivity (Wildman–Crippen MR) is 105 cm³/mol. The maximum Gasteiger partial charge on any atom is 0.173 e. The molecule has 2 aromatic carbocycles. The third kappa shape index (κ3) is 6.05. The molecule has 28 heavy (non-hydrogen) atoms. The van der Waals surface area contributed by atoms with Crippen molar-refractivity contribution >= 4 is 35.1 Å². The number of halogens is 2. The fraction of sp³-hybridized carbons (Fsp3) is 0.100. The smallest absolute Gasteiger partial charge is 0.173 e. The van der Waals surface area contributed by atoms with E-state index in [4.69, 9.17) is 10.5 Å². The van der Waals surface area contributed by atoms with Gasteiger partial charge in [0.1, 0.15) is 29.3 Å². The number of nitrogens with zero attached hydrogens (tertiary/aromatic N) is 2. The van der Waals surface area contributed by atoms with E-state index in [0.29, 0.717) is 11.1 Å². The Kier molecular flexibility index (Phi) is 7.94. The number of carbonyl (C=O) groups is 2. The SMILES string of the molecule is N#CC(C#N)=C(SCC(=O)c1ccc(F)cc1)SCC(=O)c1ccc(F)cc1. The molecule has 0 radical (unpaired) electrons. The van der Waals surface area contributed by atoms with Crippen LogP contribution in [-0.4, -0.2) is 23.1 Å². The van der Waals surface area contributed by atoms with Crippen LogP contribution < -0.4 is 0 Å². The second-order valence-corrected chi connectivity index (χ2v) is 7.55. The summed E-state index contributed by atoms with van der Waals surface area (Å²) in [5.74, 6) is -1.69. The second-order valence-electron chi connectivity index (χ2n) is 5.32. The summed E-state index contributed by atoms with van der Waals surface area (Å²) in [7, 11) is 0. The average Bonchev–Trinajstić information content (AvgIpc) is 2.70. The first-order valence-electron chi connectivity index (χ1n) is 7.82. The van der Waals surface area contributed by atoms with E-state index >= 15 is 0 Å². The van der Waals surface area contributed by atoms with E-state index in [9.17, 15) is 18.4 Å². The Morgan fingerprint density at radius 3 is 1.43 bits per heavy atom. The van der Waals surface area contributed by atoms with Crippen molar-refractivity contribution < 1.29 is 18.4 Å². The van der Waals surface area contributed by atoms with Gasteiger partial charge in [0.25, 0.3) is 0 Å². The van der Waals surface area contributed by atoms with Crippen molar-refractivity contribution in [1.29, 1.82) is 10.5 Å². The Balaban J connectivity index is 2.05. The third-order valence-corrected chi connectivity index (χ3v) is 5.88. The maximum absolute atomic E-state index is 12.9. The van der Waals surface area contributed by atoms with Gasteiger partial charge < -0.3 is 0 Å². The molecular weight excluding hydrogens is 402 g/mol. The monoisotopic (exact) mass is 414 g/mol. The summed E-state index contributed by atoms with van der Waals surface area (Å²) >= 11 is 1.94. The number of carbonyl (C=O) groups excluding carboxylic acids is 2. The van der Waals surface area contributed by atoms with Crippen LogP contribution in [0.3, 0.4) is 0 Å². The molecule has 140 valence electrons. The summed E-state index contributed by atoms with van der Waals surface area (Å²) in [6.45, 7) is 0. The molecule has 0 saturated heterocycles. The Morgan fingerprint density at radius 1 is 0.750 bits per heavy atom. The summed E-state index contributed by atoms with van der Waals surface area (Å²) in [6.07, 6.45) is 0. The summed E-state index contributed by atoms with van der Waals surface area (Å²) in [5.41, 5.74) is 0.404. The van der Waals surface area contributed by atoms with E-state index in [0.717, 1.165) is 23.5 Å². The lowest BCUT2D eigenvalue weighted by Crippen LogP contribution is -2.05. The molecule has 0 aliphatic carbocycles. The van der Waals surface area contributed by atoms with Gasteiger partial charge in [0.05, 0.1) is 15.7 Å². The highest BCUT2D eigenvalue weighted by molar-refractivity contribution is 8.22. The zero-order chi connectivity index (χ0) is 20.5. The van der Waals surface area contributed by atoms with E-state index < -0.39 is 11.6 Å². The van der Waals surface area contributed by atoms with E-state index in [2.05, 4.69) is 0 Å². The van der Waals surface area contributed by atoms with Crippen molar-refractivity contribution in [1.82, 2.24) is 0 Å². The molecule has 0 aromatic heterocycles. The summed E-state index contributed by atoms with van der Waals surface area (Å²) < 4.78 is 26.1. The van der Waals surface area contributed by atoms with E-state index in [1.165, 1.54) is 48.5 Å². The summed E-state index contributed by atoms with van der Waals surface area (Å²) in [5, 5.41) is 18.2. The van der Waals surface area contributed by atoms with E-state index in [1.54, 1.807) is 12.1 Å². The number of thioether (sulfide) groups is 2. The molecule has 0 bridgehead atoms. The van der Waals surface area contributed by atoms with Crippen LogP contribution >= 0.6 is 23.5 Å². The Morgan fingerprint density at radius 2 is 1.11 bits per heavy atom. The molecule has 0 unspecified atom stereocenters. The van der Waals surface area contributed by atoms with Gasteiger partial charge in [0.15, 0.2) is 11.6 Å². The lowest BCUT2D eigenvalue weighted by Gasteiger charge is -2.07. The Bertz CT molecular complexity index is 909. The third-order valence-electron chi connectivity index (χ3n) is 3.43. The van der Waals surface area contributed by atoms with Crippen LogP contribution in [0.2, 0.25) is 0 Å². The lowest BCUT2D eigenvalue weighted by molar-refractivity contribution is 0.101. The molecule has 2 aromatic rings. The number of Topliss-reactive ketones (excluding diaryl/α,β-unsaturated/α-hetero) is 2. The normalized spacial score (nSPS) is 9.86. The van der Waals surface area contributed by atoms with Gasteiger partial charge in [-0.25, -0.2) is 8.78 Å². The van der Waals surface area contributed by atoms with Gasteiger partial charge in [-0.15, -0.1) is 23.5 Å². The Hall–Kier alpha value is -2.94. The lowest BCUT2D eigenvalue weighted by atomic mass is 10.1. The average molecular weight is 414 g/mol. The summed E-state index contributed by atoms with van der Waals surface area (Å²) in [4.78, 5) is 24.4. The zero-order valence-corrected chi connectivity index (χ0v) is 15.9. The maximum atomic E-state index is 12.9. The number of hydrogen-bond donors (Lipinski definition) is 0.